The molecule has 0 heterocycles. The lowest BCUT2D eigenvalue weighted by molar-refractivity contribution is 0.0369. The van der Waals surface area contributed by atoms with E-state index >= 15 is 0 Å². The number of halogens is 1. The molecule has 0 aromatic heterocycles. The molecule has 128 valence electrons. The Balaban J connectivity index is 1.76. The van der Waals surface area contributed by atoms with Gasteiger partial charge in [-0.1, -0.05) is 55.3 Å². The minimum Gasteiger partial charge on any atom is -0.192 e. The van der Waals surface area contributed by atoms with Gasteiger partial charge in [0.25, 0.3) is 0 Å². The predicted octanol–water partition coefficient (Wildman–Crippen LogP) is 6.88. The highest BCUT2D eigenvalue weighted by Gasteiger charge is 2.48. The summed E-state index contributed by atoms with van der Waals surface area (Å²) in [5.74, 6) is 0. The van der Waals surface area contributed by atoms with Gasteiger partial charge in [-0.25, -0.2) is 0 Å². The van der Waals surface area contributed by atoms with Crippen molar-refractivity contribution in [3.8, 4) is 17.2 Å². The summed E-state index contributed by atoms with van der Waals surface area (Å²) in [6.45, 7) is 2.37. The Morgan fingerprint density at radius 1 is 1.00 bits per heavy atom. The predicted molar refractivity (Wildman–Crippen MR) is 104 cm³/mol. The number of hydrogen-bond donors (Lipinski definition) is 0. The average Bonchev–Trinajstić information content (AvgIpc) is 2.69. The number of hydrogen-bond acceptors (Lipinski definition) is 1. The van der Waals surface area contributed by atoms with E-state index in [0.29, 0.717) is 21.4 Å². The van der Waals surface area contributed by atoms with E-state index < -0.39 is 0 Å². The SMILES string of the molecule is CCC12CCC(c3ccccc3-c3ccc(C#N)c(Cl)c3)(CC1)CC2. The summed E-state index contributed by atoms with van der Waals surface area (Å²) in [6, 6.07) is 16.8. The third kappa shape index (κ3) is 2.68. The molecule has 0 saturated heterocycles. The minimum absolute atomic E-state index is 0.327. The molecule has 0 N–H and O–H groups in total. The highest BCUT2D eigenvalue weighted by atomic mass is 35.5. The molecule has 2 aromatic carbocycles. The van der Waals surface area contributed by atoms with Gasteiger partial charge in [-0.15, -0.1) is 0 Å². The number of nitriles is 1. The maximum atomic E-state index is 9.14. The van der Waals surface area contributed by atoms with E-state index in [1.54, 1.807) is 0 Å². The van der Waals surface area contributed by atoms with Crippen molar-refractivity contribution >= 4 is 11.6 Å². The second-order valence-corrected chi connectivity index (χ2v) is 8.39. The van der Waals surface area contributed by atoms with Crippen LogP contribution in [0.2, 0.25) is 5.02 Å². The molecule has 2 heteroatoms. The van der Waals surface area contributed by atoms with E-state index in [4.69, 9.17) is 16.9 Å². The van der Waals surface area contributed by atoms with Gasteiger partial charge in [0.15, 0.2) is 0 Å². The lowest BCUT2D eigenvalue weighted by Gasteiger charge is -2.54. The summed E-state index contributed by atoms with van der Waals surface area (Å²) in [7, 11) is 0. The largest absolute Gasteiger partial charge is 0.192 e. The van der Waals surface area contributed by atoms with Crippen molar-refractivity contribution in [1.82, 2.24) is 0 Å². The fraction of sp³-hybridized carbons (Fsp3) is 0.435. The van der Waals surface area contributed by atoms with Gasteiger partial charge in [0.05, 0.1) is 10.6 Å². The lowest BCUT2D eigenvalue weighted by Crippen LogP contribution is -2.44. The van der Waals surface area contributed by atoms with Gasteiger partial charge in [-0.2, -0.15) is 5.26 Å². The summed E-state index contributed by atoms with van der Waals surface area (Å²) in [6.07, 6.45) is 9.35. The van der Waals surface area contributed by atoms with Crippen molar-refractivity contribution in [3.63, 3.8) is 0 Å². The highest BCUT2D eigenvalue weighted by molar-refractivity contribution is 6.32. The third-order valence-electron chi connectivity index (χ3n) is 7.05. The van der Waals surface area contributed by atoms with Crippen LogP contribution in [0.5, 0.6) is 0 Å². The van der Waals surface area contributed by atoms with E-state index in [9.17, 15) is 0 Å². The summed E-state index contributed by atoms with van der Waals surface area (Å²) in [4.78, 5) is 0. The van der Waals surface area contributed by atoms with E-state index in [1.165, 1.54) is 56.1 Å². The van der Waals surface area contributed by atoms with Crippen LogP contribution in [0.15, 0.2) is 42.5 Å². The zero-order valence-electron chi connectivity index (χ0n) is 14.8. The zero-order chi connectivity index (χ0) is 17.5. The van der Waals surface area contributed by atoms with Gasteiger partial charge < -0.3 is 0 Å². The van der Waals surface area contributed by atoms with Gasteiger partial charge in [0.1, 0.15) is 6.07 Å². The van der Waals surface area contributed by atoms with Crippen molar-refractivity contribution < 1.29 is 0 Å². The summed E-state index contributed by atoms with van der Waals surface area (Å²) >= 11 is 6.31. The molecular weight excluding hydrogens is 326 g/mol. The first-order valence-corrected chi connectivity index (χ1v) is 9.79. The van der Waals surface area contributed by atoms with Crippen molar-refractivity contribution in [2.24, 2.45) is 5.41 Å². The topological polar surface area (TPSA) is 23.8 Å². The monoisotopic (exact) mass is 349 g/mol. The maximum Gasteiger partial charge on any atom is 0.101 e. The van der Waals surface area contributed by atoms with Crippen LogP contribution in [0.25, 0.3) is 11.1 Å². The summed E-state index contributed by atoms with van der Waals surface area (Å²) in [5.41, 5.74) is 5.40. The molecule has 3 saturated carbocycles. The van der Waals surface area contributed by atoms with E-state index in [2.05, 4.69) is 37.3 Å². The van der Waals surface area contributed by atoms with Crippen LogP contribution in [0.3, 0.4) is 0 Å². The molecule has 3 aliphatic rings. The molecule has 0 unspecified atom stereocenters. The fourth-order valence-corrected chi connectivity index (χ4v) is 5.39. The molecule has 25 heavy (non-hydrogen) atoms. The standard InChI is InChI=1S/C23H24ClN/c1-2-22-9-12-23(13-10-22,14-11-22)20-6-4-3-5-19(20)17-7-8-18(16-25)21(24)15-17/h3-8,15H,2,9-14H2,1H3. The Morgan fingerprint density at radius 3 is 2.28 bits per heavy atom. The first-order valence-electron chi connectivity index (χ1n) is 9.41. The summed E-state index contributed by atoms with van der Waals surface area (Å²) in [5, 5.41) is 9.68. The van der Waals surface area contributed by atoms with E-state index in [1.807, 2.05) is 18.2 Å². The zero-order valence-corrected chi connectivity index (χ0v) is 15.6. The normalized spacial score (nSPS) is 27.9. The molecule has 0 amide bonds. The Hall–Kier alpha value is -1.78. The fourth-order valence-electron chi connectivity index (χ4n) is 5.17. The minimum atomic E-state index is 0.327. The lowest BCUT2D eigenvalue weighted by atomic mass is 9.51. The molecule has 2 bridgehead atoms. The van der Waals surface area contributed by atoms with E-state index in [0.717, 1.165) is 5.56 Å². The van der Waals surface area contributed by atoms with Gasteiger partial charge in [-0.3, -0.25) is 0 Å². The first-order chi connectivity index (χ1) is 12.1. The van der Waals surface area contributed by atoms with Crippen LogP contribution in [0.1, 0.15) is 63.0 Å². The third-order valence-corrected chi connectivity index (χ3v) is 7.36. The second kappa shape index (κ2) is 6.19. The molecule has 3 aliphatic carbocycles. The number of benzene rings is 2. The van der Waals surface area contributed by atoms with Crippen molar-refractivity contribution in [2.75, 3.05) is 0 Å². The van der Waals surface area contributed by atoms with Crippen LogP contribution < -0.4 is 0 Å². The smallest absolute Gasteiger partial charge is 0.101 e. The highest BCUT2D eigenvalue weighted by Crippen LogP contribution is 2.60. The maximum absolute atomic E-state index is 9.14. The molecule has 3 fully saturated rings. The van der Waals surface area contributed by atoms with Gasteiger partial charge in [0, 0.05) is 0 Å². The Kier molecular flexibility index (Phi) is 4.13. The van der Waals surface area contributed by atoms with E-state index in [-0.39, 0.29) is 0 Å². The molecule has 5 rings (SSSR count). The number of nitrogens with zero attached hydrogens (tertiary/aromatic N) is 1. The molecule has 0 atom stereocenters. The average molecular weight is 350 g/mol. The quantitative estimate of drug-likeness (QED) is 0.592. The van der Waals surface area contributed by atoms with Crippen LogP contribution in [-0.4, -0.2) is 0 Å². The second-order valence-electron chi connectivity index (χ2n) is 7.99. The van der Waals surface area contributed by atoms with Crippen molar-refractivity contribution in [2.45, 2.75) is 57.3 Å². The van der Waals surface area contributed by atoms with Crippen molar-refractivity contribution in [3.05, 3.63) is 58.6 Å². The summed E-state index contributed by atoms with van der Waals surface area (Å²) < 4.78 is 0. The van der Waals surface area contributed by atoms with Gasteiger partial charge >= 0.3 is 0 Å². The number of rotatable bonds is 3. The molecule has 0 aliphatic heterocycles. The van der Waals surface area contributed by atoms with Crippen LogP contribution in [0.4, 0.5) is 0 Å². The molecule has 2 aromatic rings. The molecule has 1 nitrogen and oxygen atoms in total. The van der Waals surface area contributed by atoms with Crippen LogP contribution in [-0.2, 0) is 5.41 Å². The molecule has 0 spiro atoms. The van der Waals surface area contributed by atoms with Gasteiger partial charge in [0.2, 0.25) is 0 Å². The Labute approximate surface area is 155 Å². The van der Waals surface area contributed by atoms with Crippen molar-refractivity contribution in [1.29, 1.82) is 5.26 Å². The number of fused-ring (bicyclic) bond motifs is 3. The van der Waals surface area contributed by atoms with Gasteiger partial charge in [-0.05, 0) is 78.2 Å². The Morgan fingerprint density at radius 2 is 1.68 bits per heavy atom. The molecule has 0 radical (unpaired) electrons. The molecular formula is C23H24ClN. The first kappa shape index (κ1) is 16.7. The van der Waals surface area contributed by atoms with Crippen LogP contribution in [0, 0.1) is 16.7 Å². The van der Waals surface area contributed by atoms with Crippen LogP contribution >= 0.6 is 11.6 Å². The Bertz CT molecular complexity index is 821.